The first-order chi connectivity index (χ1) is 15.1. The van der Waals surface area contributed by atoms with Gasteiger partial charge in [-0.2, -0.15) is 0 Å². The molecule has 1 saturated heterocycles. The van der Waals surface area contributed by atoms with Crippen molar-refractivity contribution < 1.29 is 13.6 Å². The molecule has 1 fully saturated rings. The summed E-state index contributed by atoms with van der Waals surface area (Å²) in [5.41, 5.74) is 0.572. The lowest BCUT2D eigenvalue weighted by Gasteiger charge is -2.62. The van der Waals surface area contributed by atoms with E-state index in [2.05, 4.69) is 10.3 Å². The van der Waals surface area contributed by atoms with Gasteiger partial charge in [0.25, 0.3) is 5.91 Å². The van der Waals surface area contributed by atoms with Crippen LogP contribution in [0.15, 0.2) is 36.5 Å². The molecule has 1 amide bonds. The second-order valence-corrected chi connectivity index (χ2v) is 11.4. The summed E-state index contributed by atoms with van der Waals surface area (Å²) in [5.74, 6) is -0.864. The van der Waals surface area contributed by atoms with Gasteiger partial charge in [0.2, 0.25) is 0 Å². The Balaban J connectivity index is 1.87. The van der Waals surface area contributed by atoms with E-state index in [-0.39, 0.29) is 23.9 Å². The van der Waals surface area contributed by atoms with Gasteiger partial charge >= 0.3 is 0 Å². The van der Waals surface area contributed by atoms with E-state index >= 15 is 4.39 Å². The lowest BCUT2D eigenvalue weighted by molar-refractivity contribution is -0.000699. The maximum atomic E-state index is 17.1. The summed E-state index contributed by atoms with van der Waals surface area (Å²) in [5, 5.41) is 0.750. The molecule has 0 saturated carbocycles. The van der Waals surface area contributed by atoms with Gasteiger partial charge in [-0.25, -0.2) is 8.78 Å². The lowest BCUT2D eigenvalue weighted by atomic mass is 9.31. The van der Waals surface area contributed by atoms with Crippen molar-refractivity contribution in [3.8, 4) is 0 Å². The fourth-order valence-corrected chi connectivity index (χ4v) is 5.10. The van der Waals surface area contributed by atoms with Crippen LogP contribution in [0.5, 0.6) is 0 Å². The Kier molecular flexibility index (Phi) is 6.96. The molecule has 1 aromatic carbocycles. The first-order valence-corrected chi connectivity index (χ1v) is 11.6. The highest BCUT2D eigenvalue weighted by Crippen LogP contribution is 2.51. The number of rotatable bonds is 5. The van der Waals surface area contributed by atoms with Crippen molar-refractivity contribution in [2.45, 2.75) is 41.4 Å². The minimum Gasteiger partial charge on any atom is -0.350 e. The number of piperidine rings is 1. The number of halogens is 3. The number of benzene rings is 1. The number of carbonyl (C=O) groups is 1. The number of nitrogens with zero attached hydrogens (tertiary/aromatic N) is 2. The molecular formula is C20H28B6ClF2N3O. The summed E-state index contributed by atoms with van der Waals surface area (Å²) in [6, 6.07) is 7.86. The highest BCUT2D eigenvalue weighted by Gasteiger charge is 2.61. The number of hydrogen-bond donors (Lipinski definition) is 1. The molecule has 3 rings (SSSR count). The molecule has 168 valence electrons. The van der Waals surface area contributed by atoms with Crippen LogP contribution >= 0.6 is 11.6 Å². The molecule has 1 aliphatic rings. The lowest BCUT2D eigenvalue weighted by Crippen LogP contribution is -2.76. The number of aromatic nitrogens is 1. The molecule has 0 aliphatic carbocycles. The Hall–Kier alpha value is -1.66. The van der Waals surface area contributed by atoms with Crippen LogP contribution in [-0.2, 0) is 6.54 Å². The van der Waals surface area contributed by atoms with Gasteiger partial charge in [-0.3, -0.25) is 9.78 Å². The molecule has 4 nitrogen and oxygen atoms in total. The summed E-state index contributed by atoms with van der Waals surface area (Å²) in [6.07, 6.45) is 1.93. The van der Waals surface area contributed by atoms with E-state index in [1.165, 1.54) is 18.2 Å². The predicted octanol–water partition coefficient (Wildman–Crippen LogP) is -2.25. The monoisotopic (exact) mass is 465 g/mol. The molecule has 0 spiro atoms. The first kappa shape index (κ1) is 26.0. The number of likely N-dealkylation sites (tertiary alicyclic amines) is 1. The Morgan fingerprint density at radius 1 is 1.24 bits per heavy atom. The van der Waals surface area contributed by atoms with Gasteiger partial charge in [0.15, 0.2) is 0 Å². The molecule has 33 heavy (non-hydrogen) atoms. The van der Waals surface area contributed by atoms with E-state index in [4.69, 9.17) is 11.6 Å². The van der Waals surface area contributed by atoms with Gasteiger partial charge in [-0.05, 0) is 59.1 Å². The van der Waals surface area contributed by atoms with Crippen LogP contribution in [0.3, 0.4) is 0 Å². The first-order valence-electron chi connectivity index (χ1n) is 11.2. The van der Waals surface area contributed by atoms with Crippen molar-refractivity contribution >= 4 is 64.6 Å². The largest absolute Gasteiger partial charge is 0.350 e. The van der Waals surface area contributed by atoms with Crippen molar-refractivity contribution in [1.82, 2.24) is 15.2 Å². The summed E-state index contributed by atoms with van der Waals surface area (Å²) in [6.45, 7) is 2.62. The van der Waals surface area contributed by atoms with Crippen LogP contribution in [0.2, 0.25) is 10.2 Å². The molecule has 0 bridgehead atoms. The zero-order chi connectivity index (χ0) is 24.8. The third-order valence-corrected chi connectivity index (χ3v) is 7.41. The van der Waals surface area contributed by atoms with E-state index in [9.17, 15) is 9.18 Å². The maximum Gasteiger partial charge on any atom is 0.253 e. The number of hydrogen-bond acceptors (Lipinski definition) is 3. The number of amides is 1. The average molecular weight is 465 g/mol. The third kappa shape index (κ3) is 4.92. The summed E-state index contributed by atoms with van der Waals surface area (Å²) in [7, 11) is 11.2. The Morgan fingerprint density at radius 2 is 1.91 bits per heavy atom. The van der Waals surface area contributed by atoms with E-state index in [0.29, 0.717) is 12.1 Å². The Labute approximate surface area is 205 Å². The normalized spacial score (nSPS) is 22.1. The van der Waals surface area contributed by atoms with Crippen molar-refractivity contribution in [2.75, 3.05) is 6.54 Å². The second-order valence-electron chi connectivity index (χ2n) is 11.0. The van der Waals surface area contributed by atoms with Crippen molar-refractivity contribution in [3.63, 3.8) is 0 Å². The van der Waals surface area contributed by atoms with Crippen molar-refractivity contribution in [3.05, 3.63) is 64.2 Å². The van der Waals surface area contributed by atoms with E-state index < -0.39 is 27.4 Å². The fourth-order valence-electron chi connectivity index (χ4n) is 4.92. The van der Waals surface area contributed by atoms with Gasteiger partial charge in [0.1, 0.15) is 58.6 Å². The maximum absolute atomic E-state index is 17.1. The van der Waals surface area contributed by atoms with E-state index in [1.54, 1.807) is 11.1 Å². The fraction of sp³-hybridized carbons (Fsp3) is 0.400. The second kappa shape index (κ2) is 8.84. The molecule has 1 N–H and O–H groups in total. The number of nitrogens with one attached hydrogen (secondary N) is 1. The molecule has 1 unspecified atom stereocenters. The molecule has 2 aromatic rings. The molecule has 0 radical (unpaired) electrons. The summed E-state index contributed by atoms with van der Waals surface area (Å²) < 4.78 is 30.7. The molecule has 1 aliphatic heterocycles. The summed E-state index contributed by atoms with van der Waals surface area (Å²) in [4.78, 5) is 19.5. The minimum absolute atomic E-state index is 0.107. The number of pyridine rings is 1. The zero-order valence-electron chi connectivity index (χ0n) is 20.5. The smallest absolute Gasteiger partial charge is 0.253 e. The van der Waals surface area contributed by atoms with E-state index in [1.807, 2.05) is 66.1 Å². The molecular weight excluding hydrogens is 437 g/mol. The van der Waals surface area contributed by atoms with Gasteiger partial charge in [0.05, 0.1) is 10.7 Å². The van der Waals surface area contributed by atoms with Gasteiger partial charge in [-0.1, -0.05) is 17.7 Å². The minimum atomic E-state index is -1.63. The van der Waals surface area contributed by atoms with Gasteiger partial charge in [0, 0.05) is 24.8 Å². The number of carbonyl (C=O) groups excluding carboxylic acids is 1. The van der Waals surface area contributed by atoms with Crippen molar-refractivity contribution in [2.24, 2.45) is 0 Å². The molecule has 13 heteroatoms. The molecule has 2 heterocycles. The van der Waals surface area contributed by atoms with Gasteiger partial charge < -0.3 is 10.2 Å². The standard InChI is InChI=1S/C20H28B6ClF2N3O/c1-11-2-4-13(30-7-11)8-31-20(25,26)17(29)9-19(23,24)32(10-18(17,21)22)16(33)12-3-5-15(28)14(27)6-12/h2-7,31H,8-10,21-26H2,1H3. The quantitative estimate of drug-likeness (QED) is 0.509. The Bertz CT molecular complexity index is 1060. The zero-order valence-corrected chi connectivity index (χ0v) is 21.3. The van der Waals surface area contributed by atoms with Crippen LogP contribution in [-0.4, -0.2) is 85.8 Å². The van der Waals surface area contributed by atoms with Crippen LogP contribution < -0.4 is 5.32 Å². The third-order valence-electron chi connectivity index (χ3n) is 7.12. The highest BCUT2D eigenvalue weighted by atomic mass is 35.5. The summed E-state index contributed by atoms with van der Waals surface area (Å²) >= 11 is 5.90. The molecule has 1 atom stereocenters. The number of alkyl halides is 1. The molecule has 1 aromatic heterocycles. The van der Waals surface area contributed by atoms with Crippen LogP contribution in [0.4, 0.5) is 8.78 Å². The highest BCUT2D eigenvalue weighted by molar-refractivity contribution is 6.48. The van der Waals surface area contributed by atoms with Crippen LogP contribution in [0, 0.1) is 12.7 Å². The average Bonchev–Trinajstić information content (AvgIpc) is 2.71. The van der Waals surface area contributed by atoms with E-state index in [0.717, 1.165) is 11.3 Å². The van der Waals surface area contributed by atoms with Crippen LogP contribution in [0.1, 0.15) is 28.0 Å². The van der Waals surface area contributed by atoms with Crippen molar-refractivity contribution in [1.29, 1.82) is 0 Å². The van der Waals surface area contributed by atoms with Crippen LogP contribution in [0.25, 0.3) is 0 Å². The topological polar surface area (TPSA) is 45.2 Å². The number of aryl methyl sites for hydroxylation is 1. The predicted molar refractivity (Wildman–Crippen MR) is 146 cm³/mol. The Morgan fingerprint density at radius 3 is 2.48 bits per heavy atom. The van der Waals surface area contributed by atoms with Gasteiger partial charge in [-0.15, -0.1) is 0 Å². The SMILES string of the molecule is BC1(B)CC(F)(C(B)(B)NCc2ccc(C)cn2)C(B)(B)CN1C(=O)c1ccc(F)c(Cl)c1.